The van der Waals surface area contributed by atoms with Gasteiger partial charge in [0.05, 0.1) is 5.56 Å². The number of hydrogen-bond donors (Lipinski definition) is 1. The van der Waals surface area contributed by atoms with Gasteiger partial charge in [-0.15, -0.1) is 0 Å². The third-order valence-corrected chi connectivity index (χ3v) is 4.46. The van der Waals surface area contributed by atoms with Crippen molar-refractivity contribution in [2.45, 2.75) is 12.5 Å². The van der Waals surface area contributed by atoms with Crippen LogP contribution in [0.25, 0.3) is 16.9 Å². The summed E-state index contributed by atoms with van der Waals surface area (Å²) in [6.07, 6.45) is 9.54. The van der Waals surface area contributed by atoms with E-state index in [4.69, 9.17) is 5.26 Å². The van der Waals surface area contributed by atoms with Gasteiger partial charge in [-0.3, -0.25) is 9.20 Å². The van der Waals surface area contributed by atoms with Gasteiger partial charge in [0.25, 0.3) is 5.91 Å². The van der Waals surface area contributed by atoms with Crippen LogP contribution in [-0.2, 0) is 0 Å². The first-order valence-electron chi connectivity index (χ1n) is 8.18. The number of nitrogens with one attached hydrogen (secondary N) is 1. The van der Waals surface area contributed by atoms with E-state index in [0.29, 0.717) is 30.9 Å². The zero-order chi connectivity index (χ0) is 18.1. The van der Waals surface area contributed by atoms with Crippen LogP contribution in [0, 0.1) is 17.3 Å². The molecule has 1 fully saturated rings. The predicted octanol–water partition coefficient (Wildman–Crippen LogP) is 1.82. The van der Waals surface area contributed by atoms with Gasteiger partial charge in [0, 0.05) is 49.5 Å². The van der Waals surface area contributed by atoms with Crippen molar-refractivity contribution in [3.63, 3.8) is 0 Å². The molecular weight excluding hydrogens is 335 g/mol. The van der Waals surface area contributed by atoms with Gasteiger partial charge in [-0.2, -0.15) is 5.26 Å². The highest BCUT2D eigenvalue weighted by Gasteiger charge is 2.24. The molecule has 1 saturated heterocycles. The van der Waals surface area contributed by atoms with Crippen LogP contribution in [0.15, 0.2) is 43.0 Å². The number of fused-ring (bicyclic) bond motifs is 1. The van der Waals surface area contributed by atoms with Crippen molar-refractivity contribution in [3.8, 4) is 17.3 Å². The molecule has 1 amide bonds. The number of aromatic nitrogens is 3. The monoisotopic (exact) mass is 350 g/mol. The van der Waals surface area contributed by atoms with Gasteiger partial charge in [-0.1, -0.05) is 6.07 Å². The highest BCUT2D eigenvalue weighted by atomic mass is 19.1. The first-order chi connectivity index (χ1) is 12.6. The van der Waals surface area contributed by atoms with Crippen LogP contribution in [-0.4, -0.2) is 44.3 Å². The first-order valence-corrected chi connectivity index (χ1v) is 8.18. The van der Waals surface area contributed by atoms with E-state index < -0.39 is 11.7 Å². The van der Waals surface area contributed by atoms with E-state index in [1.807, 2.05) is 0 Å². The highest BCUT2D eigenvalue weighted by Crippen LogP contribution is 2.22. The van der Waals surface area contributed by atoms with Crippen molar-refractivity contribution in [3.05, 3.63) is 54.4 Å². The molecule has 0 spiro atoms. The lowest BCUT2D eigenvalue weighted by atomic mass is 10.1. The van der Waals surface area contributed by atoms with Gasteiger partial charge in [-0.25, -0.2) is 14.4 Å². The highest BCUT2D eigenvalue weighted by molar-refractivity contribution is 5.95. The standard InChI is InChI=1S/C18H15FN6O/c19-16-7-12(13-8-22-18-21-4-6-25(18)9-13)1-2-15(16)17(26)23-14-3-5-24(10-14)11-20/h1-2,4,6-9,14H,3,5,10H2,(H,23,26). The molecule has 0 bridgehead atoms. The Balaban J connectivity index is 1.54. The number of likely N-dealkylation sites (tertiary alicyclic amines) is 1. The molecule has 3 aromatic rings. The maximum absolute atomic E-state index is 14.5. The van der Waals surface area contributed by atoms with Crippen molar-refractivity contribution in [2.75, 3.05) is 13.1 Å². The molecule has 7 nitrogen and oxygen atoms in total. The minimum Gasteiger partial charge on any atom is -0.347 e. The van der Waals surface area contributed by atoms with Crippen LogP contribution in [0.2, 0.25) is 0 Å². The maximum atomic E-state index is 14.5. The van der Waals surface area contributed by atoms with E-state index in [1.165, 1.54) is 12.1 Å². The number of rotatable bonds is 3. The van der Waals surface area contributed by atoms with E-state index in [9.17, 15) is 9.18 Å². The van der Waals surface area contributed by atoms with Crippen LogP contribution in [0.5, 0.6) is 0 Å². The van der Waals surface area contributed by atoms with Crippen molar-refractivity contribution < 1.29 is 9.18 Å². The summed E-state index contributed by atoms with van der Waals surface area (Å²) in [6, 6.07) is 4.34. The topological polar surface area (TPSA) is 86.3 Å². The Morgan fingerprint density at radius 1 is 1.35 bits per heavy atom. The van der Waals surface area contributed by atoms with Gasteiger partial charge in [0.1, 0.15) is 5.82 Å². The summed E-state index contributed by atoms with van der Waals surface area (Å²) in [5, 5.41) is 11.6. The second-order valence-corrected chi connectivity index (χ2v) is 6.18. The molecule has 4 rings (SSSR count). The normalized spacial score (nSPS) is 16.6. The van der Waals surface area contributed by atoms with Gasteiger partial charge < -0.3 is 10.2 Å². The average Bonchev–Trinajstić information content (AvgIpc) is 3.29. The molecule has 130 valence electrons. The number of nitriles is 1. The van der Waals surface area contributed by atoms with Crippen molar-refractivity contribution >= 4 is 11.7 Å². The zero-order valence-electron chi connectivity index (χ0n) is 13.8. The summed E-state index contributed by atoms with van der Waals surface area (Å²) in [5.74, 6) is -0.504. The number of imidazole rings is 1. The Hall–Kier alpha value is -3.47. The second-order valence-electron chi connectivity index (χ2n) is 6.18. The molecule has 1 aliphatic rings. The lowest BCUT2D eigenvalue weighted by Gasteiger charge is -2.13. The summed E-state index contributed by atoms with van der Waals surface area (Å²) < 4.78 is 16.2. The third kappa shape index (κ3) is 2.95. The largest absolute Gasteiger partial charge is 0.347 e. The fourth-order valence-electron chi connectivity index (χ4n) is 3.08. The molecule has 0 aliphatic carbocycles. The summed E-state index contributed by atoms with van der Waals surface area (Å²) >= 11 is 0. The molecular formula is C18H15FN6O. The van der Waals surface area contributed by atoms with Gasteiger partial charge in [0.2, 0.25) is 5.78 Å². The number of benzene rings is 1. The lowest BCUT2D eigenvalue weighted by molar-refractivity contribution is 0.0935. The van der Waals surface area contributed by atoms with Crippen molar-refractivity contribution in [1.29, 1.82) is 5.26 Å². The molecule has 1 aromatic carbocycles. The van der Waals surface area contributed by atoms with E-state index in [0.717, 1.165) is 5.56 Å². The SMILES string of the molecule is N#CN1CCC(NC(=O)c2ccc(-c3cnc4nccn4c3)cc2F)C1. The minimum absolute atomic E-state index is 0.0131. The first kappa shape index (κ1) is 16.0. The Labute approximate surface area is 148 Å². The van der Waals surface area contributed by atoms with Crippen LogP contribution < -0.4 is 5.32 Å². The van der Waals surface area contributed by atoms with E-state index in [-0.39, 0.29) is 11.6 Å². The number of carbonyl (C=O) groups is 1. The number of carbonyl (C=O) groups excluding carboxylic acids is 1. The van der Waals surface area contributed by atoms with Crippen molar-refractivity contribution in [2.24, 2.45) is 0 Å². The molecule has 2 aromatic heterocycles. The third-order valence-electron chi connectivity index (χ3n) is 4.46. The molecule has 3 heterocycles. The van der Waals surface area contributed by atoms with Crippen LogP contribution >= 0.6 is 0 Å². The number of hydrogen-bond acceptors (Lipinski definition) is 5. The minimum atomic E-state index is -0.596. The summed E-state index contributed by atoms with van der Waals surface area (Å²) in [6.45, 7) is 1.06. The van der Waals surface area contributed by atoms with E-state index >= 15 is 0 Å². The molecule has 1 unspecified atom stereocenters. The smallest absolute Gasteiger partial charge is 0.254 e. The van der Waals surface area contributed by atoms with Gasteiger partial charge >= 0.3 is 0 Å². The van der Waals surface area contributed by atoms with Crippen LogP contribution in [0.4, 0.5) is 4.39 Å². The Bertz CT molecular complexity index is 1020. The fourth-order valence-corrected chi connectivity index (χ4v) is 3.08. The molecule has 1 atom stereocenters. The molecule has 1 aliphatic heterocycles. The number of amides is 1. The average molecular weight is 350 g/mol. The molecule has 0 radical (unpaired) electrons. The van der Waals surface area contributed by atoms with Gasteiger partial charge in [0.15, 0.2) is 6.19 Å². The second kappa shape index (κ2) is 6.44. The number of nitrogens with zero attached hydrogens (tertiary/aromatic N) is 5. The van der Waals surface area contributed by atoms with Crippen LogP contribution in [0.3, 0.4) is 0 Å². The Kier molecular flexibility index (Phi) is 3.97. The maximum Gasteiger partial charge on any atom is 0.254 e. The number of halogens is 1. The predicted molar refractivity (Wildman–Crippen MR) is 91.4 cm³/mol. The molecule has 26 heavy (non-hydrogen) atoms. The van der Waals surface area contributed by atoms with E-state index in [1.54, 1.807) is 40.2 Å². The molecule has 0 saturated carbocycles. The Morgan fingerprint density at radius 2 is 2.23 bits per heavy atom. The van der Waals surface area contributed by atoms with Crippen LogP contribution in [0.1, 0.15) is 16.8 Å². The summed E-state index contributed by atoms with van der Waals surface area (Å²) in [4.78, 5) is 22.2. The quantitative estimate of drug-likeness (QED) is 0.728. The fraction of sp³-hybridized carbons (Fsp3) is 0.222. The van der Waals surface area contributed by atoms with E-state index in [2.05, 4.69) is 21.5 Å². The Morgan fingerprint density at radius 3 is 3.00 bits per heavy atom. The summed E-state index contributed by atoms with van der Waals surface area (Å²) in [7, 11) is 0. The molecule has 1 N–H and O–H groups in total. The lowest BCUT2D eigenvalue weighted by Crippen LogP contribution is -2.36. The molecule has 8 heteroatoms. The summed E-state index contributed by atoms with van der Waals surface area (Å²) in [5.41, 5.74) is 1.33. The van der Waals surface area contributed by atoms with Gasteiger partial charge in [-0.05, 0) is 24.1 Å². The zero-order valence-corrected chi connectivity index (χ0v) is 13.8. The van der Waals surface area contributed by atoms with Crippen molar-refractivity contribution in [1.82, 2.24) is 24.6 Å².